The normalized spacial score (nSPS) is 22.5. The lowest BCUT2D eigenvalue weighted by Gasteiger charge is -2.27. The Kier molecular flexibility index (Phi) is 8.01. The van der Waals surface area contributed by atoms with E-state index < -0.39 is 6.10 Å². The summed E-state index contributed by atoms with van der Waals surface area (Å²) in [6.07, 6.45) is 7.26. The second-order valence-corrected chi connectivity index (χ2v) is 8.76. The number of ether oxygens (including phenoxy) is 1. The standard InChI is InChI=1S/C21H30Cl2N2O3/c1-25(21-17-10-14(22)11-18(23)16(17)12-19(21)26)13-20(27)24-8-5-9-28-15-6-3-2-4-7-15/h10-11,15,19,21,26H,2-9,12-13H2,1H3,(H,24,27). The van der Waals surface area contributed by atoms with Crippen LogP contribution in [0.4, 0.5) is 0 Å². The SMILES string of the molecule is CN(CC(=O)NCCCOC1CCCCC1)C1c2cc(Cl)cc(Cl)c2CC1O. The van der Waals surface area contributed by atoms with Gasteiger partial charge in [0.05, 0.1) is 24.8 Å². The second-order valence-electron chi connectivity index (χ2n) is 7.92. The monoisotopic (exact) mass is 428 g/mol. The molecule has 1 saturated carbocycles. The predicted octanol–water partition coefficient (Wildman–Crippen LogP) is 3.74. The van der Waals surface area contributed by atoms with Crippen LogP contribution in [0.1, 0.15) is 55.7 Å². The van der Waals surface area contributed by atoms with Crippen molar-refractivity contribution >= 4 is 29.1 Å². The van der Waals surface area contributed by atoms with Crippen molar-refractivity contribution in [1.29, 1.82) is 0 Å². The van der Waals surface area contributed by atoms with Gasteiger partial charge in [-0.25, -0.2) is 0 Å². The van der Waals surface area contributed by atoms with Crippen LogP contribution in [0.5, 0.6) is 0 Å². The average molecular weight is 429 g/mol. The summed E-state index contributed by atoms with van der Waals surface area (Å²) in [5.74, 6) is -0.0612. The molecule has 0 radical (unpaired) electrons. The molecule has 7 heteroatoms. The van der Waals surface area contributed by atoms with Crippen LogP contribution in [0, 0.1) is 0 Å². The number of nitrogens with zero attached hydrogens (tertiary/aromatic N) is 1. The van der Waals surface area contributed by atoms with E-state index >= 15 is 0 Å². The number of aliphatic hydroxyl groups excluding tert-OH is 1. The highest BCUT2D eigenvalue weighted by Gasteiger charge is 2.36. The van der Waals surface area contributed by atoms with E-state index in [1.54, 1.807) is 6.07 Å². The topological polar surface area (TPSA) is 61.8 Å². The third kappa shape index (κ3) is 5.61. The molecule has 0 bridgehead atoms. The lowest BCUT2D eigenvalue weighted by Crippen LogP contribution is -2.40. The molecule has 0 aliphatic heterocycles. The van der Waals surface area contributed by atoms with Gasteiger partial charge in [0.25, 0.3) is 0 Å². The first kappa shape index (κ1) is 21.8. The number of halogens is 2. The van der Waals surface area contributed by atoms with Crippen LogP contribution >= 0.6 is 23.2 Å². The van der Waals surface area contributed by atoms with E-state index in [2.05, 4.69) is 5.32 Å². The summed E-state index contributed by atoms with van der Waals surface area (Å²) in [4.78, 5) is 14.2. The molecule has 2 atom stereocenters. The minimum atomic E-state index is -0.604. The first-order valence-corrected chi connectivity index (χ1v) is 11.0. The van der Waals surface area contributed by atoms with E-state index in [0.717, 1.165) is 30.4 Å². The lowest BCUT2D eigenvalue weighted by molar-refractivity contribution is -0.123. The molecule has 5 nitrogen and oxygen atoms in total. The molecule has 1 amide bonds. The van der Waals surface area contributed by atoms with Gasteiger partial charge in [0.2, 0.25) is 5.91 Å². The number of amides is 1. The van der Waals surface area contributed by atoms with Crippen molar-refractivity contribution in [2.45, 2.75) is 63.2 Å². The van der Waals surface area contributed by atoms with E-state index in [1.807, 2.05) is 18.0 Å². The summed E-state index contributed by atoms with van der Waals surface area (Å²) in [6.45, 7) is 1.49. The fourth-order valence-electron chi connectivity index (χ4n) is 4.32. The van der Waals surface area contributed by atoms with Crippen molar-refractivity contribution < 1.29 is 14.6 Å². The quantitative estimate of drug-likeness (QED) is 0.619. The van der Waals surface area contributed by atoms with Crippen molar-refractivity contribution in [3.8, 4) is 0 Å². The van der Waals surface area contributed by atoms with Gasteiger partial charge in [0, 0.05) is 29.6 Å². The number of nitrogens with one attached hydrogen (secondary N) is 1. The Hall–Kier alpha value is -0.850. The number of benzene rings is 1. The molecule has 1 aromatic rings. The van der Waals surface area contributed by atoms with Crippen molar-refractivity contribution in [1.82, 2.24) is 10.2 Å². The van der Waals surface area contributed by atoms with E-state index in [-0.39, 0.29) is 18.5 Å². The highest BCUT2D eigenvalue weighted by Crippen LogP contribution is 2.40. The Balaban J connectivity index is 1.42. The van der Waals surface area contributed by atoms with Gasteiger partial charge < -0.3 is 15.2 Å². The highest BCUT2D eigenvalue weighted by atomic mass is 35.5. The van der Waals surface area contributed by atoms with Gasteiger partial charge in [0.1, 0.15) is 0 Å². The number of likely N-dealkylation sites (N-methyl/N-ethyl adjacent to an activating group) is 1. The lowest BCUT2D eigenvalue weighted by atomic mass is 9.98. The maximum absolute atomic E-state index is 12.3. The van der Waals surface area contributed by atoms with E-state index in [9.17, 15) is 9.90 Å². The zero-order valence-electron chi connectivity index (χ0n) is 16.4. The molecular weight excluding hydrogens is 399 g/mol. The summed E-state index contributed by atoms with van der Waals surface area (Å²) in [6, 6.07) is 3.24. The van der Waals surface area contributed by atoms with Crippen LogP contribution in [-0.2, 0) is 16.0 Å². The zero-order chi connectivity index (χ0) is 20.1. The van der Waals surface area contributed by atoms with Crippen molar-refractivity contribution in [3.63, 3.8) is 0 Å². The van der Waals surface area contributed by atoms with Gasteiger partial charge in [-0.05, 0) is 49.6 Å². The number of carbonyl (C=O) groups is 1. The fourth-order valence-corrected chi connectivity index (χ4v) is 4.91. The Morgan fingerprint density at radius 2 is 2.04 bits per heavy atom. The first-order chi connectivity index (χ1) is 13.5. The molecule has 0 aromatic heterocycles. The van der Waals surface area contributed by atoms with Gasteiger partial charge in [-0.3, -0.25) is 9.69 Å². The molecule has 1 fully saturated rings. The van der Waals surface area contributed by atoms with Gasteiger partial charge in [-0.15, -0.1) is 0 Å². The predicted molar refractivity (Wildman–Crippen MR) is 112 cm³/mol. The minimum absolute atomic E-state index is 0.0612. The average Bonchev–Trinajstić information content (AvgIpc) is 2.98. The molecule has 3 rings (SSSR count). The van der Waals surface area contributed by atoms with Crippen LogP contribution in [0.2, 0.25) is 10.0 Å². The Bertz CT molecular complexity index is 680. The summed E-state index contributed by atoms with van der Waals surface area (Å²) < 4.78 is 5.88. The van der Waals surface area contributed by atoms with Gasteiger partial charge in [0.15, 0.2) is 0 Å². The molecule has 0 spiro atoms. The summed E-state index contributed by atoms with van der Waals surface area (Å²) in [7, 11) is 1.84. The third-order valence-corrected chi connectivity index (χ3v) is 6.26. The Morgan fingerprint density at radius 1 is 1.29 bits per heavy atom. The van der Waals surface area contributed by atoms with Crippen molar-refractivity contribution in [2.24, 2.45) is 0 Å². The number of carbonyl (C=O) groups excluding carboxylic acids is 1. The Morgan fingerprint density at radius 3 is 2.79 bits per heavy atom. The maximum Gasteiger partial charge on any atom is 0.234 e. The number of hydrogen-bond acceptors (Lipinski definition) is 4. The zero-order valence-corrected chi connectivity index (χ0v) is 17.9. The van der Waals surface area contributed by atoms with Crippen molar-refractivity contribution in [3.05, 3.63) is 33.3 Å². The van der Waals surface area contributed by atoms with E-state index in [0.29, 0.717) is 35.7 Å². The Labute approximate surface area is 177 Å². The molecule has 156 valence electrons. The maximum atomic E-state index is 12.3. The molecule has 2 aliphatic rings. The summed E-state index contributed by atoms with van der Waals surface area (Å²) >= 11 is 12.4. The molecular formula is C21H30Cl2N2O3. The number of hydrogen-bond donors (Lipinski definition) is 2. The summed E-state index contributed by atoms with van der Waals surface area (Å²) in [5.41, 5.74) is 1.82. The highest BCUT2D eigenvalue weighted by molar-refractivity contribution is 6.35. The van der Waals surface area contributed by atoms with Gasteiger partial charge >= 0.3 is 0 Å². The van der Waals surface area contributed by atoms with Crippen LogP contribution < -0.4 is 5.32 Å². The van der Waals surface area contributed by atoms with E-state index in [4.69, 9.17) is 27.9 Å². The number of rotatable bonds is 8. The van der Waals surface area contributed by atoms with Crippen LogP contribution in [0.15, 0.2) is 12.1 Å². The molecule has 28 heavy (non-hydrogen) atoms. The second kappa shape index (κ2) is 10.3. The minimum Gasteiger partial charge on any atom is -0.391 e. The first-order valence-electron chi connectivity index (χ1n) is 10.2. The number of aliphatic hydroxyl groups is 1. The molecule has 2 aliphatic carbocycles. The molecule has 1 aromatic carbocycles. The fraction of sp³-hybridized carbons (Fsp3) is 0.667. The molecule has 2 unspecified atom stereocenters. The summed E-state index contributed by atoms with van der Waals surface area (Å²) in [5, 5.41) is 14.5. The third-order valence-electron chi connectivity index (χ3n) is 5.71. The van der Waals surface area contributed by atoms with Crippen molar-refractivity contribution in [2.75, 3.05) is 26.7 Å². The smallest absolute Gasteiger partial charge is 0.234 e. The molecule has 2 N–H and O–H groups in total. The van der Waals surface area contributed by atoms with E-state index in [1.165, 1.54) is 19.3 Å². The number of fused-ring (bicyclic) bond motifs is 1. The van der Waals surface area contributed by atoms with Crippen LogP contribution in [-0.4, -0.2) is 54.9 Å². The largest absolute Gasteiger partial charge is 0.391 e. The molecule has 0 heterocycles. The van der Waals surface area contributed by atoms with Crippen LogP contribution in [0.3, 0.4) is 0 Å². The van der Waals surface area contributed by atoms with Gasteiger partial charge in [-0.2, -0.15) is 0 Å². The van der Waals surface area contributed by atoms with Gasteiger partial charge in [-0.1, -0.05) is 42.5 Å². The van der Waals surface area contributed by atoms with Crippen LogP contribution in [0.25, 0.3) is 0 Å². The molecule has 0 saturated heterocycles.